The second kappa shape index (κ2) is 14.8. The normalized spacial score (nSPS) is 25.0. The van der Waals surface area contributed by atoms with Crippen LogP contribution in [0.2, 0.25) is 23.7 Å². The number of aromatic nitrogens is 3. The molecule has 0 radical (unpaired) electrons. The molecule has 4 heterocycles. The van der Waals surface area contributed by atoms with Crippen LogP contribution in [0.25, 0.3) is 0 Å². The van der Waals surface area contributed by atoms with Gasteiger partial charge in [0.25, 0.3) is 5.91 Å². The quantitative estimate of drug-likeness (QED) is 0.149. The van der Waals surface area contributed by atoms with Gasteiger partial charge in [0.15, 0.2) is 13.9 Å². The number of carbonyl (C=O) groups excluding carboxylic acids is 2. The van der Waals surface area contributed by atoms with Crippen molar-refractivity contribution in [2.24, 2.45) is 11.8 Å². The van der Waals surface area contributed by atoms with E-state index in [0.29, 0.717) is 42.3 Å². The van der Waals surface area contributed by atoms with Gasteiger partial charge in [-0.2, -0.15) is 0 Å². The second-order valence-electron chi connectivity index (χ2n) is 15.0. The summed E-state index contributed by atoms with van der Waals surface area (Å²) >= 11 is 6.59. The number of benzene rings is 3. The maximum atomic E-state index is 14.8. The number of aliphatic hydroxyl groups excluding tert-OH is 1. The molecule has 3 aliphatic heterocycles. The van der Waals surface area contributed by atoms with Gasteiger partial charge in [0.1, 0.15) is 0 Å². The molecule has 274 valence electrons. The summed E-state index contributed by atoms with van der Waals surface area (Å²) in [4.78, 5) is 41.1. The molecule has 7 rings (SSSR count). The number of amides is 2. The molecular formula is C39H47ClN6O5Si. The third kappa shape index (κ3) is 6.95. The zero-order chi connectivity index (χ0) is 36.6. The largest absolute Gasteiger partial charge is 0.432 e. The van der Waals surface area contributed by atoms with Crippen LogP contribution >= 0.6 is 11.6 Å². The van der Waals surface area contributed by atoms with Crippen LogP contribution in [0.1, 0.15) is 54.5 Å². The predicted octanol–water partition coefficient (Wildman–Crippen LogP) is 5.43. The molecule has 6 atom stereocenters. The van der Waals surface area contributed by atoms with Crippen LogP contribution in [0.3, 0.4) is 0 Å². The lowest BCUT2D eigenvalue weighted by Crippen LogP contribution is -2.46. The number of carbonyl (C=O) groups is 2. The van der Waals surface area contributed by atoms with Crippen molar-refractivity contribution in [2.45, 2.75) is 75.5 Å². The van der Waals surface area contributed by atoms with Crippen molar-refractivity contribution in [3.8, 4) is 0 Å². The van der Waals surface area contributed by atoms with Crippen molar-refractivity contribution in [3.05, 3.63) is 106 Å². The van der Waals surface area contributed by atoms with Crippen LogP contribution in [0, 0.1) is 11.8 Å². The monoisotopic (exact) mass is 742 g/mol. The zero-order valence-electron chi connectivity index (χ0n) is 29.8. The fourth-order valence-electron chi connectivity index (χ4n) is 8.57. The van der Waals surface area contributed by atoms with Gasteiger partial charge in [0.05, 0.1) is 42.5 Å². The molecule has 2 unspecified atom stereocenters. The van der Waals surface area contributed by atoms with E-state index in [9.17, 15) is 19.5 Å². The van der Waals surface area contributed by atoms with Gasteiger partial charge in [0.2, 0.25) is 5.91 Å². The summed E-state index contributed by atoms with van der Waals surface area (Å²) in [5.74, 6) is -0.846. The Labute approximate surface area is 310 Å². The lowest BCUT2D eigenvalue weighted by molar-refractivity contribution is -0.146. The first-order valence-corrected chi connectivity index (χ1v) is 21.6. The maximum absolute atomic E-state index is 14.8. The first-order valence-electron chi connectivity index (χ1n) is 18.2. The Morgan fingerprint density at radius 3 is 2.62 bits per heavy atom. The summed E-state index contributed by atoms with van der Waals surface area (Å²) in [6.45, 7) is 8.12. The molecule has 1 aromatic heterocycles. The summed E-state index contributed by atoms with van der Waals surface area (Å²) in [6.07, 6.45) is 3.77. The Morgan fingerprint density at radius 2 is 1.92 bits per heavy atom. The van der Waals surface area contributed by atoms with Crippen molar-refractivity contribution in [3.63, 3.8) is 0 Å². The molecule has 2 fully saturated rings. The lowest BCUT2D eigenvalue weighted by atomic mass is 9.82. The number of piperidine rings is 1. The summed E-state index contributed by atoms with van der Waals surface area (Å²) in [5.41, 5.74) is 3.10. The number of aliphatic hydroxyl groups is 1. The van der Waals surface area contributed by atoms with Crippen molar-refractivity contribution in [1.29, 1.82) is 0 Å². The molecule has 4 N–H and O–H groups in total. The molecule has 0 bridgehead atoms. The summed E-state index contributed by atoms with van der Waals surface area (Å²) in [6, 6.07) is 22.8. The van der Waals surface area contributed by atoms with Crippen LogP contribution < -0.4 is 15.5 Å². The Bertz CT molecular complexity index is 1900. The minimum absolute atomic E-state index is 0.0139. The molecular weight excluding hydrogens is 696 g/mol. The van der Waals surface area contributed by atoms with E-state index in [2.05, 4.69) is 20.9 Å². The molecule has 4 aromatic rings. The molecule has 3 aliphatic rings. The minimum atomic E-state index is -2.88. The topological polar surface area (TPSA) is 142 Å². The van der Waals surface area contributed by atoms with Crippen LogP contribution in [-0.2, 0) is 33.0 Å². The zero-order valence-corrected chi connectivity index (χ0v) is 31.6. The highest BCUT2D eigenvalue weighted by atomic mass is 35.5. The number of hydrogen-bond donors (Lipinski definition) is 4. The number of hydrogen-bond acceptors (Lipinski definition) is 8. The molecule has 2 saturated heterocycles. The fraction of sp³-hybridized carbons (Fsp3) is 0.436. The fourth-order valence-corrected chi connectivity index (χ4v) is 11.3. The number of anilines is 2. The molecule has 52 heavy (non-hydrogen) atoms. The van der Waals surface area contributed by atoms with E-state index in [4.69, 9.17) is 16.3 Å². The van der Waals surface area contributed by atoms with Crippen LogP contribution in [0.15, 0.2) is 79.0 Å². The van der Waals surface area contributed by atoms with Gasteiger partial charge in [-0.25, -0.2) is 0 Å². The van der Waals surface area contributed by atoms with E-state index in [1.807, 2.05) is 92.9 Å². The van der Waals surface area contributed by atoms with Gasteiger partial charge in [-0.3, -0.25) is 14.3 Å². The SMILES string of the molecule is C[C@H]1[C@H]([Si](C)(C)O)[C@@H](CCn2cc(C(CO)c3ccccc3)nn2)O[C@]12C(=O)N(Cc1ccc(NC(=O)C3CCCNC3)cc1)c1ccc(Cl)cc12. The van der Waals surface area contributed by atoms with Gasteiger partial charge < -0.3 is 30.2 Å². The number of nitrogens with zero attached hydrogens (tertiary/aromatic N) is 4. The molecule has 1 spiro atoms. The number of halogens is 1. The van der Waals surface area contributed by atoms with E-state index in [-0.39, 0.29) is 41.7 Å². The number of nitrogens with one attached hydrogen (secondary N) is 2. The van der Waals surface area contributed by atoms with Crippen molar-refractivity contribution in [2.75, 3.05) is 29.9 Å². The first-order chi connectivity index (χ1) is 25.0. The van der Waals surface area contributed by atoms with Gasteiger partial charge in [-0.1, -0.05) is 66.2 Å². The number of ether oxygens (including phenoxy) is 1. The highest BCUT2D eigenvalue weighted by molar-refractivity contribution is 6.71. The first kappa shape index (κ1) is 36.4. The van der Waals surface area contributed by atoms with Gasteiger partial charge in [-0.05, 0) is 80.4 Å². The molecule has 13 heteroatoms. The van der Waals surface area contributed by atoms with Gasteiger partial charge in [0, 0.05) is 47.0 Å². The van der Waals surface area contributed by atoms with E-state index < -0.39 is 20.0 Å². The van der Waals surface area contributed by atoms with Crippen LogP contribution in [0.4, 0.5) is 11.4 Å². The number of fused-ring (bicyclic) bond motifs is 2. The average molecular weight is 743 g/mol. The Balaban J connectivity index is 1.11. The smallest absolute Gasteiger partial charge is 0.264 e. The van der Waals surface area contributed by atoms with Crippen molar-refractivity contribution < 1.29 is 24.2 Å². The Morgan fingerprint density at radius 1 is 1.15 bits per heavy atom. The van der Waals surface area contributed by atoms with Gasteiger partial charge in [-0.15, -0.1) is 5.10 Å². The number of aryl methyl sites for hydroxylation is 1. The van der Waals surface area contributed by atoms with Gasteiger partial charge >= 0.3 is 0 Å². The summed E-state index contributed by atoms with van der Waals surface area (Å²) in [7, 11) is -2.88. The second-order valence-corrected chi connectivity index (χ2v) is 19.4. The van der Waals surface area contributed by atoms with Crippen molar-refractivity contribution >= 4 is 43.1 Å². The summed E-state index contributed by atoms with van der Waals surface area (Å²) in [5, 5.41) is 25.7. The summed E-state index contributed by atoms with van der Waals surface area (Å²) < 4.78 is 8.73. The van der Waals surface area contributed by atoms with E-state index in [0.717, 1.165) is 41.9 Å². The minimum Gasteiger partial charge on any atom is -0.432 e. The molecule has 11 nitrogen and oxygen atoms in total. The van der Waals surface area contributed by atoms with E-state index in [1.54, 1.807) is 15.6 Å². The Kier molecular flexibility index (Phi) is 10.4. The Hall–Kier alpha value is -3.91. The van der Waals surface area contributed by atoms with Crippen LogP contribution in [0.5, 0.6) is 0 Å². The van der Waals surface area contributed by atoms with Crippen molar-refractivity contribution in [1.82, 2.24) is 20.3 Å². The standard InChI is InChI=1S/C39H47ClN6O5Si/c1-25-36(52(2,3)50)35(17-19-45-23-33(43-44-45)31(24-47)27-8-5-4-6-9-27)51-39(25)32-20-29(40)13-16-34(32)46(38(39)49)22-26-11-14-30(15-12-26)42-37(48)28-10-7-18-41-21-28/h4-6,8-9,11-16,20,23,25,28,31,35-36,41,47,50H,7,10,17-19,21-22,24H2,1-3H3,(H,42,48)/t25-,28?,31?,35+,36-,39+/m0/s1. The predicted molar refractivity (Wildman–Crippen MR) is 202 cm³/mol. The number of rotatable bonds is 11. The van der Waals surface area contributed by atoms with Crippen LogP contribution in [-0.4, -0.2) is 70.8 Å². The molecule has 2 amide bonds. The maximum Gasteiger partial charge on any atom is 0.264 e. The molecule has 0 saturated carbocycles. The highest BCUT2D eigenvalue weighted by Crippen LogP contribution is 2.60. The highest BCUT2D eigenvalue weighted by Gasteiger charge is 2.66. The third-order valence-electron chi connectivity index (χ3n) is 11.1. The average Bonchev–Trinajstić information content (AvgIpc) is 3.79. The van der Waals surface area contributed by atoms with E-state index in [1.165, 1.54) is 0 Å². The molecule has 3 aromatic carbocycles. The molecule has 0 aliphatic carbocycles. The lowest BCUT2D eigenvalue weighted by Gasteiger charge is -2.32. The van der Waals surface area contributed by atoms with E-state index >= 15 is 0 Å². The third-order valence-corrected chi connectivity index (χ3v) is 13.9.